The van der Waals surface area contributed by atoms with Crippen LogP contribution in [0.15, 0.2) is 27.8 Å². The highest BCUT2D eigenvalue weighted by atomic mass is 16.6. The van der Waals surface area contributed by atoms with Crippen LogP contribution in [-0.2, 0) is 11.3 Å². The fourth-order valence-electron chi connectivity index (χ4n) is 3.36. The number of hydrogen-bond acceptors (Lipinski definition) is 7. The zero-order valence-corrected chi connectivity index (χ0v) is 19.0. The largest absolute Gasteiger partial charge is 0.383 e. The molecule has 1 aromatic carbocycles. The van der Waals surface area contributed by atoms with Crippen molar-refractivity contribution in [2.45, 2.75) is 41.2 Å². The molecule has 1 amide bonds. The van der Waals surface area contributed by atoms with Crippen LogP contribution in [0.3, 0.4) is 0 Å². The number of rotatable bonds is 9. The van der Waals surface area contributed by atoms with E-state index >= 15 is 0 Å². The Hall–Kier alpha value is -3.63. The first-order valence-corrected chi connectivity index (χ1v) is 10.3. The van der Waals surface area contributed by atoms with Gasteiger partial charge in [-0.15, -0.1) is 0 Å². The van der Waals surface area contributed by atoms with Crippen LogP contribution in [0.1, 0.15) is 33.3 Å². The smallest absolute Gasteiger partial charge is 0.330 e. The van der Waals surface area contributed by atoms with Crippen molar-refractivity contribution in [1.29, 1.82) is 0 Å². The standard InChI is InChI=1S/C21H30N6O5/c1-12(2)9-25(18-19(22)26(10-13(3)4)21(30)24-20(18)29)11-17(28)23-15-7-6-14(5)16(8-15)27(31)32/h6-8,12-13H,9-11,22H2,1-5H3,(H,23,28)(H,24,29,30). The van der Waals surface area contributed by atoms with Gasteiger partial charge in [-0.1, -0.05) is 33.8 Å². The molecule has 2 aromatic rings. The zero-order chi connectivity index (χ0) is 24.2. The van der Waals surface area contributed by atoms with Crippen molar-refractivity contribution >= 4 is 28.8 Å². The Balaban J connectivity index is 2.39. The number of carbonyl (C=O) groups excluding carboxylic acids is 1. The topological polar surface area (TPSA) is 156 Å². The van der Waals surface area contributed by atoms with Gasteiger partial charge in [0.1, 0.15) is 11.5 Å². The van der Waals surface area contributed by atoms with E-state index in [0.29, 0.717) is 18.7 Å². The number of nitrogens with two attached hydrogens (primary N) is 1. The summed E-state index contributed by atoms with van der Waals surface area (Å²) < 4.78 is 1.29. The minimum atomic E-state index is -0.674. The number of carbonyl (C=O) groups is 1. The fraction of sp³-hybridized carbons (Fsp3) is 0.476. The number of nitrogens with one attached hydrogen (secondary N) is 2. The molecular formula is C21H30N6O5. The Morgan fingerprint density at radius 2 is 1.91 bits per heavy atom. The molecule has 2 rings (SSSR count). The fourth-order valence-corrected chi connectivity index (χ4v) is 3.36. The number of hydrogen-bond donors (Lipinski definition) is 3. The van der Waals surface area contributed by atoms with Gasteiger partial charge >= 0.3 is 5.69 Å². The predicted molar refractivity (Wildman–Crippen MR) is 124 cm³/mol. The molecule has 1 aromatic heterocycles. The number of nitrogens with zero attached hydrogens (tertiary/aromatic N) is 3. The summed E-state index contributed by atoms with van der Waals surface area (Å²) in [4.78, 5) is 52.1. The Morgan fingerprint density at radius 3 is 2.47 bits per heavy atom. The average molecular weight is 447 g/mol. The second-order valence-corrected chi connectivity index (χ2v) is 8.58. The number of nitrogen functional groups attached to an aromatic ring is 1. The van der Waals surface area contributed by atoms with Gasteiger partial charge in [-0.05, 0) is 24.8 Å². The minimum Gasteiger partial charge on any atom is -0.383 e. The van der Waals surface area contributed by atoms with E-state index in [-0.39, 0.29) is 41.3 Å². The van der Waals surface area contributed by atoms with Crippen molar-refractivity contribution in [3.05, 3.63) is 54.7 Å². The van der Waals surface area contributed by atoms with Gasteiger partial charge in [-0.2, -0.15) is 0 Å². The molecule has 0 bridgehead atoms. The van der Waals surface area contributed by atoms with Crippen molar-refractivity contribution in [2.75, 3.05) is 29.0 Å². The van der Waals surface area contributed by atoms with Crippen LogP contribution in [0.25, 0.3) is 0 Å². The molecular weight excluding hydrogens is 416 g/mol. The van der Waals surface area contributed by atoms with Gasteiger partial charge in [0.2, 0.25) is 5.91 Å². The molecule has 32 heavy (non-hydrogen) atoms. The number of anilines is 3. The highest BCUT2D eigenvalue weighted by Crippen LogP contribution is 2.23. The first kappa shape index (κ1) is 24.6. The van der Waals surface area contributed by atoms with Crippen molar-refractivity contribution in [2.24, 2.45) is 11.8 Å². The van der Waals surface area contributed by atoms with Crippen molar-refractivity contribution in [1.82, 2.24) is 9.55 Å². The molecule has 0 saturated carbocycles. The van der Waals surface area contributed by atoms with E-state index in [1.165, 1.54) is 15.5 Å². The third-order valence-electron chi connectivity index (χ3n) is 4.69. The van der Waals surface area contributed by atoms with E-state index in [0.717, 1.165) is 0 Å². The van der Waals surface area contributed by atoms with Crippen LogP contribution in [0, 0.1) is 28.9 Å². The van der Waals surface area contributed by atoms with Gasteiger partial charge in [-0.3, -0.25) is 29.3 Å². The summed E-state index contributed by atoms with van der Waals surface area (Å²) in [6.45, 7) is 9.68. The quantitative estimate of drug-likeness (QED) is 0.393. The molecule has 0 aliphatic rings. The third-order valence-corrected chi connectivity index (χ3v) is 4.69. The summed E-state index contributed by atoms with van der Waals surface area (Å²) in [5.41, 5.74) is 5.60. The van der Waals surface area contributed by atoms with Gasteiger partial charge in [0.15, 0.2) is 0 Å². The van der Waals surface area contributed by atoms with E-state index in [2.05, 4.69) is 10.3 Å². The Kier molecular flexibility index (Phi) is 7.79. The lowest BCUT2D eigenvalue weighted by molar-refractivity contribution is -0.385. The Labute approximate surface area is 185 Å². The van der Waals surface area contributed by atoms with Crippen molar-refractivity contribution in [3.63, 3.8) is 0 Å². The molecule has 11 heteroatoms. The first-order chi connectivity index (χ1) is 14.9. The molecule has 0 radical (unpaired) electrons. The highest BCUT2D eigenvalue weighted by molar-refractivity contribution is 5.94. The number of aromatic nitrogens is 2. The van der Waals surface area contributed by atoms with Gasteiger partial charge in [0, 0.05) is 30.4 Å². The molecule has 0 aliphatic heterocycles. The Morgan fingerprint density at radius 1 is 1.25 bits per heavy atom. The van der Waals surface area contributed by atoms with E-state index in [1.807, 2.05) is 27.7 Å². The minimum absolute atomic E-state index is 0.00752. The maximum atomic E-state index is 12.8. The summed E-state index contributed by atoms with van der Waals surface area (Å²) in [6, 6.07) is 4.39. The second-order valence-electron chi connectivity index (χ2n) is 8.58. The normalized spacial score (nSPS) is 11.1. The van der Waals surface area contributed by atoms with E-state index in [4.69, 9.17) is 5.73 Å². The number of aryl methyl sites for hydroxylation is 1. The molecule has 0 atom stereocenters. The van der Waals surface area contributed by atoms with Crippen LogP contribution in [0.2, 0.25) is 0 Å². The van der Waals surface area contributed by atoms with E-state index < -0.39 is 22.1 Å². The first-order valence-electron chi connectivity index (χ1n) is 10.3. The van der Waals surface area contributed by atoms with Crippen LogP contribution >= 0.6 is 0 Å². The Bertz CT molecular complexity index is 1120. The van der Waals surface area contributed by atoms with Crippen molar-refractivity contribution < 1.29 is 9.72 Å². The van der Waals surface area contributed by atoms with Crippen molar-refractivity contribution in [3.8, 4) is 0 Å². The molecule has 0 aliphatic carbocycles. The third kappa shape index (κ3) is 5.96. The van der Waals surface area contributed by atoms with Crippen LogP contribution in [0.5, 0.6) is 0 Å². The monoisotopic (exact) mass is 446 g/mol. The summed E-state index contributed by atoms with van der Waals surface area (Å²) in [7, 11) is 0. The number of aromatic amines is 1. The second kappa shape index (κ2) is 10.1. The molecule has 0 spiro atoms. The van der Waals surface area contributed by atoms with Gasteiger partial charge in [-0.25, -0.2) is 4.79 Å². The van der Waals surface area contributed by atoms with Gasteiger partial charge in [0.25, 0.3) is 11.2 Å². The number of amides is 1. The summed E-state index contributed by atoms with van der Waals surface area (Å²) >= 11 is 0. The molecule has 11 nitrogen and oxygen atoms in total. The van der Waals surface area contributed by atoms with Gasteiger partial charge < -0.3 is 16.0 Å². The molecule has 0 unspecified atom stereocenters. The van der Waals surface area contributed by atoms with E-state index in [1.54, 1.807) is 19.1 Å². The maximum absolute atomic E-state index is 12.8. The number of benzene rings is 1. The van der Waals surface area contributed by atoms with Gasteiger partial charge in [0.05, 0.1) is 11.5 Å². The average Bonchev–Trinajstić information content (AvgIpc) is 2.65. The maximum Gasteiger partial charge on any atom is 0.330 e. The van der Waals surface area contributed by atoms with Crippen LogP contribution < -0.4 is 27.2 Å². The number of nitro groups is 1. The summed E-state index contributed by atoms with van der Waals surface area (Å²) in [6.07, 6.45) is 0. The SMILES string of the molecule is Cc1ccc(NC(=O)CN(CC(C)C)c2c(N)n(CC(C)C)c(=O)[nH]c2=O)cc1[N+](=O)[O-]. The molecule has 4 N–H and O–H groups in total. The summed E-state index contributed by atoms with van der Waals surface area (Å²) in [5, 5.41) is 13.8. The lowest BCUT2D eigenvalue weighted by atomic mass is 10.1. The number of H-pyrrole nitrogens is 1. The predicted octanol–water partition coefficient (Wildman–Crippen LogP) is 2.09. The number of nitro benzene ring substituents is 1. The summed E-state index contributed by atoms with van der Waals surface area (Å²) in [5.74, 6) is -0.309. The van der Waals surface area contributed by atoms with E-state index in [9.17, 15) is 24.5 Å². The molecule has 0 saturated heterocycles. The van der Waals surface area contributed by atoms with Crippen LogP contribution in [0.4, 0.5) is 22.9 Å². The molecule has 174 valence electrons. The lowest BCUT2D eigenvalue weighted by Crippen LogP contribution is -2.43. The lowest BCUT2D eigenvalue weighted by Gasteiger charge is -2.27. The molecule has 0 fully saturated rings. The molecule has 1 heterocycles. The van der Waals surface area contributed by atoms with Crippen LogP contribution in [-0.4, -0.2) is 33.5 Å². The highest BCUT2D eigenvalue weighted by Gasteiger charge is 2.23. The zero-order valence-electron chi connectivity index (χ0n) is 19.0.